The van der Waals surface area contributed by atoms with Crippen molar-refractivity contribution in [3.8, 4) is 11.5 Å². The second-order valence-electron chi connectivity index (χ2n) is 6.05. The quantitative estimate of drug-likeness (QED) is 0.301. The number of rotatable bonds is 5. The van der Waals surface area contributed by atoms with Crippen molar-refractivity contribution in [2.24, 2.45) is 0 Å². The Morgan fingerprint density at radius 3 is 1.71 bits per heavy atom. The fourth-order valence-corrected chi connectivity index (χ4v) is 4.66. The Labute approximate surface area is 163 Å². The smallest absolute Gasteiger partial charge is 0.325 e. The van der Waals surface area contributed by atoms with Gasteiger partial charge in [0.05, 0.1) is 0 Å². The number of carbonyl (C=O) groups excluding carboxylic acids is 1. The van der Waals surface area contributed by atoms with Crippen molar-refractivity contribution in [3.63, 3.8) is 0 Å². The van der Waals surface area contributed by atoms with Gasteiger partial charge in [0.2, 0.25) is 0 Å². The molecule has 0 saturated carbocycles. The standard InChI is InChI=1S/C22H15F2O3S/c1-14(25)19-10-11-20(26-19)21-12-13-22(27-21)28(17-6-2-15(23)3-7-17)18-8-4-16(24)5-9-18/h2-13H,1H3/q+1. The van der Waals surface area contributed by atoms with Gasteiger partial charge in [-0.1, -0.05) is 0 Å². The van der Waals surface area contributed by atoms with Gasteiger partial charge in [-0.15, -0.1) is 0 Å². The van der Waals surface area contributed by atoms with Gasteiger partial charge in [-0.05, 0) is 66.7 Å². The third kappa shape index (κ3) is 3.64. The van der Waals surface area contributed by atoms with E-state index in [1.54, 1.807) is 48.5 Å². The molecule has 28 heavy (non-hydrogen) atoms. The van der Waals surface area contributed by atoms with E-state index in [1.807, 2.05) is 0 Å². The Kier molecular flexibility index (Phi) is 4.88. The van der Waals surface area contributed by atoms with E-state index < -0.39 is 10.9 Å². The first-order valence-electron chi connectivity index (χ1n) is 8.48. The minimum absolute atomic E-state index is 0.171. The van der Waals surface area contributed by atoms with Gasteiger partial charge in [0, 0.05) is 13.0 Å². The lowest BCUT2D eigenvalue weighted by atomic mass is 10.3. The van der Waals surface area contributed by atoms with Gasteiger partial charge in [0.25, 0.3) is 0 Å². The number of hydrogen-bond acceptors (Lipinski definition) is 3. The van der Waals surface area contributed by atoms with Crippen molar-refractivity contribution in [1.29, 1.82) is 0 Å². The Balaban J connectivity index is 1.76. The van der Waals surface area contributed by atoms with Gasteiger partial charge in [-0.2, -0.15) is 0 Å². The van der Waals surface area contributed by atoms with E-state index in [0.29, 0.717) is 16.6 Å². The highest BCUT2D eigenvalue weighted by Crippen LogP contribution is 2.35. The molecule has 0 amide bonds. The first-order valence-corrected chi connectivity index (χ1v) is 9.70. The van der Waals surface area contributed by atoms with E-state index >= 15 is 0 Å². The van der Waals surface area contributed by atoms with E-state index in [-0.39, 0.29) is 23.2 Å². The number of ketones is 1. The van der Waals surface area contributed by atoms with Gasteiger partial charge in [0.15, 0.2) is 32.9 Å². The molecule has 2 heterocycles. The lowest BCUT2D eigenvalue weighted by Gasteiger charge is -2.05. The minimum atomic E-state index is -0.695. The largest absolute Gasteiger partial charge is 0.450 e. The van der Waals surface area contributed by atoms with Crippen molar-refractivity contribution in [3.05, 3.63) is 90.2 Å². The summed E-state index contributed by atoms with van der Waals surface area (Å²) in [5.41, 5.74) is 0. The average molecular weight is 397 g/mol. The molecular formula is C22H15F2O3S+. The molecule has 4 aromatic rings. The molecule has 0 spiro atoms. The summed E-state index contributed by atoms with van der Waals surface area (Å²) >= 11 is 0. The van der Waals surface area contributed by atoms with Crippen LogP contribution in [0.2, 0.25) is 0 Å². The zero-order valence-corrected chi connectivity index (χ0v) is 15.6. The maximum atomic E-state index is 13.4. The SMILES string of the molecule is CC(=O)c1ccc(-c2ccc([S+](c3ccc(F)cc3)c3ccc(F)cc3)o2)o1. The highest BCUT2D eigenvalue weighted by Gasteiger charge is 2.33. The van der Waals surface area contributed by atoms with E-state index in [0.717, 1.165) is 9.79 Å². The topological polar surface area (TPSA) is 43.4 Å². The molecule has 2 aromatic carbocycles. The second-order valence-corrected chi connectivity index (χ2v) is 8.01. The highest BCUT2D eigenvalue weighted by atomic mass is 32.2. The van der Waals surface area contributed by atoms with Gasteiger partial charge in [-0.3, -0.25) is 4.79 Å². The molecule has 0 aliphatic carbocycles. The Hall–Kier alpha value is -3.12. The summed E-state index contributed by atoms with van der Waals surface area (Å²) < 4.78 is 38.3. The van der Waals surface area contributed by atoms with Crippen LogP contribution in [0.3, 0.4) is 0 Å². The number of furan rings is 2. The predicted octanol–water partition coefficient (Wildman–Crippen LogP) is 6.12. The van der Waals surface area contributed by atoms with Crippen LogP contribution >= 0.6 is 0 Å². The number of hydrogen-bond donors (Lipinski definition) is 0. The molecule has 4 rings (SSSR count). The van der Waals surface area contributed by atoms with Crippen LogP contribution < -0.4 is 0 Å². The predicted molar refractivity (Wildman–Crippen MR) is 101 cm³/mol. The van der Waals surface area contributed by atoms with Crippen molar-refractivity contribution in [2.45, 2.75) is 21.8 Å². The summed E-state index contributed by atoms with van der Waals surface area (Å²) in [6.45, 7) is 1.43. The number of carbonyl (C=O) groups is 1. The second kappa shape index (κ2) is 7.48. The molecule has 3 nitrogen and oxygen atoms in total. The monoisotopic (exact) mass is 397 g/mol. The molecule has 0 fully saturated rings. The van der Waals surface area contributed by atoms with Crippen LogP contribution in [0.25, 0.3) is 11.5 Å². The molecule has 0 atom stereocenters. The first-order chi connectivity index (χ1) is 13.5. The van der Waals surface area contributed by atoms with Gasteiger partial charge in [-0.25, -0.2) is 8.78 Å². The Morgan fingerprint density at radius 2 is 1.21 bits per heavy atom. The third-order valence-electron chi connectivity index (χ3n) is 4.08. The van der Waals surface area contributed by atoms with Crippen LogP contribution in [0.4, 0.5) is 8.78 Å². The Morgan fingerprint density at radius 1 is 0.714 bits per heavy atom. The summed E-state index contributed by atoms with van der Waals surface area (Å²) in [4.78, 5) is 13.1. The molecule has 0 aliphatic heterocycles. The Bertz CT molecular complexity index is 1070. The van der Waals surface area contributed by atoms with Gasteiger partial charge in [0.1, 0.15) is 22.5 Å². The van der Waals surface area contributed by atoms with Crippen molar-refractivity contribution >= 4 is 16.7 Å². The zero-order chi connectivity index (χ0) is 19.7. The van der Waals surface area contributed by atoms with Crippen LogP contribution in [0.15, 0.2) is 96.5 Å². The summed E-state index contributed by atoms with van der Waals surface area (Å²) in [6.07, 6.45) is 0. The lowest BCUT2D eigenvalue weighted by Crippen LogP contribution is -2.03. The fraction of sp³-hybridized carbons (Fsp3) is 0.0455. The fourth-order valence-electron chi connectivity index (χ4n) is 2.73. The number of benzene rings is 2. The summed E-state index contributed by atoms with van der Waals surface area (Å²) in [6, 6.07) is 19.1. The van der Waals surface area contributed by atoms with E-state index in [1.165, 1.54) is 31.2 Å². The molecule has 6 heteroatoms. The van der Waals surface area contributed by atoms with Crippen LogP contribution in [0, 0.1) is 11.6 Å². The number of Topliss-reactive ketones (excluding diaryl/α,β-unsaturated/α-hetero) is 1. The van der Waals surface area contributed by atoms with E-state index in [4.69, 9.17) is 8.83 Å². The summed E-state index contributed by atoms with van der Waals surface area (Å²) in [5, 5.41) is 0.619. The normalized spacial score (nSPS) is 11.1. The van der Waals surface area contributed by atoms with Crippen LogP contribution in [-0.2, 0) is 10.9 Å². The molecule has 0 radical (unpaired) electrons. The number of halogens is 2. The molecule has 2 aromatic heterocycles. The van der Waals surface area contributed by atoms with Gasteiger partial charge >= 0.3 is 5.09 Å². The van der Waals surface area contributed by atoms with Crippen molar-refractivity contribution in [1.82, 2.24) is 0 Å². The molecule has 0 unspecified atom stereocenters. The van der Waals surface area contributed by atoms with Crippen molar-refractivity contribution < 1.29 is 22.4 Å². The maximum absolute atomic E-state index is 13.4. The zero-order valence-electron chi connectivity index (χ0n) is 14.8. The molecular weight excluding hydrogens is 382 g/mol. The molecule has 0 N–H and O–H groups in total. The highest BCUT2D eigenvalue weighted by molar-refractivity contribution is 7.96. The summed E-state index contributed by atoms with van der Waals surface area (Å²) in [5.74, 6) is 0.333. The van der Waals surface area contributed by atoms with Crippen LogP contribution in [-0.4, -0.2) is 5.78 Å². The molecule has 0 saturated heterocycles. The minimum Gasteiger partial charge on any atom is -0.450 e. The maximum Gasteiger partial charge on any atom is 0.325 e. The van der Waals surface area contributed by atoms with Crippen molar-refractivity contribution in [2.75, 3.05) is 0 Å². The molecule has 0 bridgehead atoms. The average Bonchev–Trinajstić information content (AvgIpc) is 3.35. The van der Waals surface area contributed by atoms with Crippen LogP contribution in [0.5, 0.6) is 0 Å². The van der Waals surface area contributed by atoms with Crippen LogP contribution in [0.1, 0.15) is 17.5 Å². The third-order valence-corrected chi connectivity index (χ3v) is 6.19. The lowest BCUT2D eigenvalue weighted by molar-refractivity contribution is 0.0988. The first kappa shape index (κ1) is 18.3. The van der Waals surface area contributed by atoms with E-state index in [9.17, 15) is 13.6 Å². The summed E-state index contributed by atoms with van der Waals surface area (Å²) in [7, 11) is -0.695. The van der Waals surface area contributed by atoms with E-state index in [2.05, 4.69) is 0 Å². The molecule has 140 valence electrons. The van der Waals surface area contributed by atoms with Gasteiger partial charge < -0.3 is 8.83 Å². The molecule has 0 aliphatic rings.